The summed E-state index contributed by atoms with van der Waals surface area (Å²) in [5.74, 6) is 0. The largest absolute Gasteiger partial charge is 0.0719 e. The summed E-state index contributed by atoms with van der Waals surface area (Å²) in [6.45, 7) is 0. The first-order chi connectivity index (χ1) is 8.43. The Labute approximate surface area is 102 Å². The van der Waals surface area contributed by atoms with Crippen molar-refractivity contribution in [2.75, 3.05) is 0 Å². The highest BCUT2D eigenvalue weighted by Crippen LogP contribution is 2.47. The lowest BCUT2D eigenvalue weighted by molar-refractivity contribution is 0.667. The molecule has 17 heavy (non-hydrogen) atoms. The molecule has 3 aliphatic carbocycles. The molecule has 0 unspecified atom stereocenters. The van der Waals surface area contributed by atoms with Gasteiger partial charge in [0.2, 0.25) is 0 Å². The van der Waals surface area contributed by atoms with Crippen LogP contribution in [-0.2, 0) is 0 Å². The fraction of sp³-hybridized carbons (Fsp3) is 0.294. The minimum absolute atomic E-state index is 1.19. The van der Waals surface area contributed by atoms with Crippen LogP contribution in [0.25, 0.3) is 11.6 Å². The van der Waals surface area contributed by atoms with Gasteiger partial charge in [-0.2, -0.15) is 0 Å². The predicted molar refractivity (Wildman–Crippen MR) is 72.5 cm³/mol. The summed E-state index contributed by atoms with van der Waals surface area (Å²) in [6, 6.07) is 8.80. The molecule has 84 valence electrons. The van der Waals surface area contributed by atoms with Crippen molar-refractivity contribution in [3.8, 4) is 0 Å². The van der Waals surface area contributed by atoms with Crippen LogP contribution in [0, 0.1) is 0 Å². The molecule has 0 bridgehead atoms. The third kappa shape index (κ3) is 1.30. The zero-order valence-electron chi connectivity index (χ0n) is 10.00. The Morgan fingerprint density at radius 3 is 2.76 bits per heavy atom. The molecule has 0 saturated heterocycles. The molecule has 0 aromatic heterocycles. The highest BCUT2D eigenvalue weighted by molar-refractivity contribution is 5.99. The lowest BCUT2D eigenvalue weighted by Gasteiger charge is -2.25. The second-order valence-electron chi connectivity index (χ2n) is 5.26. The number of fused-ring (bicyclic) bond motifs is 4. The van der Waals surface area contributed by atoms with Crippen LogP contribution in [0.15, 0.2) is 47.1 Å². The second kappa shape index (κ2) is 3.46. The van der Waals surface area contributed by atoms with Gasteiger partial charge >= 0.3 is 0 Å². The number of hydrogen-bond donors (Lipinski definition) is 0. The van der Waals surface area contributed by atoms with Crippen molar-refractivity contribution in [3.63, 3.8) is 0 Å². The molecule has 0 nitrogen and oxygen atoms in total. The quantitative estimate of drug-likeness (QED) is 0.592. The summed E-state index contributed by atoms with van der Waals surface area (Å²) < 4.78 is 0. The van der Waals surface area contributed by atoms with Crippen molar-refractivity contribution in [2.45, 2.75) is 32.1 Å². The van der Waals surface area contributed by atoms with E-state index in [9.17, 15) is 0 Å². The molecule has 0 amide bonds. The van der Waals surface area contributed by atoms with E-state index < -0.39 is 0 Å². The Bertz CT molecular complexity index is 582. The molecule has 3 aliphatic rings. The van der Waals surface area contributed by atoms with Gasteiger partial charge in [0.25, 0.3) is 0 Å². The smallest absolute Gasteiger partial charge is 0.0108 e. The van der Waals surface area contributed by atoms with Gasteiger partial charge in [-0.1, -0.05) is 35.9 Å². The van der Waals surface area contributed by atoms with Crippen molar-refractivity contribution in [1.29, 1.82) is 0 Å². The average Bonchev–Trinajstić information content (AvgIpc) is 2.78. The highest BCUT2D eigenvalue weighted by atomic mass is 14.3. The molecule has 4 rings (SSSR count). The van der Waals surface area contributed by atoms with E-state index in [1.165, 1.54) is 54.4 Å². The van der Waals surface area contributed by atoms with E-state index in [4.69, 9.17) is 0 Å². The normalized spacial score (nSPS) is 21.4. The van der Waals surface area contributed by atoms with Crippen LogP contribution in [0.1, 0.15) is 43.2 Å². The van der Waals surface area contributed by atoms with Crippen molar-refractivity contribution in [1.82, 2.24) is 0 Å². The minimum Gasteiger partial charge on any atom is -0.0719 e. The third-order valence-electron chi connectivity index (χ3n) is 4.30. The molecule has 0 aliphatic heterocycles. The van der Waals surface area contributed by atoms with Gasteiger partial charge < -0.3 is 0 Å². The van der Waals surface area contributed by atoms with Crippen molar-refractivity contribution in [2.24, 2.45) is 0 Å². The summed E-state index contributed by atoms with van der Waals surface area (Å²) in [4.78, 5) is 0. The summed E-state index contributed by atoms with van der Waals surface area (Å²) in [7, 11) is 0. The van der Waals surface area contributed by atoms with Crippen LogP contribution >= 0.6 is 0 Å². The second-order valence-corrected chi connectivity index (χ2v) is 5.26. The number of benzene rings is 1. The third-order valence-corrected chi connectivity index (χ3v) is 4.30. The van der Waals surface area contributed by atoms with Gasteiger partial charge in [0, 0.05) is 0 Å². The maximum absolute atomic E-state index is 2.45. The number of hydrogen-bond acceptors (Lipinski definition) is 0. The lowest BCUT2D eigenvalue weighted by Crippen LogP contribution is -2.06. The fourth-order valence-electron chi connectivity index (χ4n) is 3.46. The Hall–Kier alpha value is -1.56. The Morgan fingerprint density at radius 1 is 0.882 bits per heavy atom. The molecule has 0 fully saturated rings. The summed E-state index contributed by atoms with van der Waals surface area (Å²) >= 11 is 0. The molecular weight excluding hydrogens is 204 g/mol. The SMILES string of the molecule is C1=C2C(=CCC3=C2CCCC3)c2ccccc21. The van der Waals surface area contributed by atoms with Gasteiger partial charge in [-0.05, 0) is 66.0 Å². The molecule has 0 atom stereocenters. The first-order valence-electron chi connectivity index (χ1n) is 6.66. The Morgan fingerprint density at radius 2 is 1.76 bits per heavy atom. The van der Waals surface area contributed by atoms with Crippen LogP contribution < -0.4 is 0 Å². The standard InChI is InChI=1S/C17H16/c1-3-7-14-12(5-1)9-10-16-15-8-4-2-6-13(15)11-17(14)16/h2,4,6,8,10-11H,1,3,5,7,9H2. The van der Waals surface area contributed by atoms with Gasteiger partial charge in [0.05, 0.1) is 0 Å². The average molecular weight is 220 g/mol. The van der Waals surface area contributed by atoms with Crippen LogP contribution in [0.2, 0.25) is 0 Å². The summed E-state index contributed by atoms with van der Waals surface area (Å²) in [6.07, 6.45) is 11.4. The summed E-state index contributed by atoms with van der Waals surface area (Å²) in [5, 5.41) is 0. The maximum atomic E-state index is 2.45. The molecule has 1 aromatic carbocycles. The van der Waals surface area contributed by atoms with E-state index >= 15 is 0 Å². The van der Waals surface area contributed by atoms with E-state index in [1.54, 1.807) is 11.1 Å². The topological polar surface area (TPSA) is 0 Å². The van der Waals surface area contributed by atoms with Crippen LogP contribution in [0.3, 0.4) is 0 Å². The van der Waals surface area contributed by atoms with Gasteiger partial charge in [0.15, 0.2) is 0 Å². The van der Waals surface area contributed by atoms with Crippen LogP contribution in [-0.4, -0.2) is 0 Å². The first kappa shape index (κ1) is 9.47. The number of rotatable bonds is 0. The molecule has 0 saturated carbocycles. The van der Waals surface area contributed by atoms with Crippen molar-refractivity contribution in [3.05, 3.63) is 58.2 Å². The van der Waals surface area contributed by atoms with Crippen molar-refractivity contribution >= 4 is 11.6 Å². The van der Waals surface area contributed by atoms with Gasteiger partial charge in [-0.15, -0.1) is 0 Å². The lowest BCUT2D eigenvalue weighted by atomic mass is 9.79. The Balaban J connectivity index is 1.88. The van der Waals surface area contributed by atoms with E-state index in [0.29, 0.717) is 0 Å². The molecule has 0 heterocycles. The van der Waals surface area contributed by atoms with E-state index in [0.717, 1.165) is 0 Å². The monoisotopic (exact) mass is 220 g/mol. The molecule has 0 heteroatoms. The zero-order chi connectivity index (χ0) is 11.2. The van der Waals surface area contributed by atoms with Crippen LogP contribution in [0.4, 0.5) is 0 Å². The molecule has 0 N–H and O–H groups in total. The van der Waals surface area contributed by atoms with E-state index in [2.05, 4.69) is 36.4 Å². The minimum atomic E-state index is 1.19. The first-order valence-corrected chi connectivity index (χ1v) is 6.66. The Kier molecular flexibility index (Phi) is 1.93. The number of allylic oxidation sites excluding steroid dienone is 5. The fourth-order valence-corrected chi connectivity index (χ4v) is 3.46. The van der Waals surface area contributed by atoms with Gasteiger partial charge in [-0.25, -0.2) is 0 Å². The molecule has 1 aromatic rings. The highest BCUT2D eigenvalue weighted by Gasteiger charge is 2.27. The predicted octanol–water partition coefficient (Wildman–Crippen LogP) is 4.74. The molecule has 0 radical (unpaired) electrons. The summed E-state index contributed by atoms with van der Waals surface area (Å²) in [5.41, 5.74) is 9.27. The van der Waals surface area contributed by atoms with E-state index in [-0.39, 0.29) is 0 Å². The van der Waals surface area contributed by atoms with E-state index in [1.807, 2.05) is 0 Å². The van der Waals surface area contributed by atoms with Gasteiger partial charge in [0.1, 0.15) is 0 Å². The van der Waals surface area contributed by atoms with Gasteiger partial charge in [-0.3, -0.25) is 0 Å². The molecular formula is C17H16. The zero-order valence-corrected chi connectivity index (χ0v) is 10.00. The maximum Gasteiger partial charge on any atom is -0.0108 e. The van der Waals surface area contributed by atoms with Crippen molar-refractivity contribution < 1.29 is 0 Å². The molecule has 0 spiro atoms. The van der Waals surface area contributed by atoms with Crippen LogP contribution in [0.5, 0.6) is 0 Å².